The Hall–Kier alpha value is -2.71. The quantitative estimate of drug-likeness (QED) is 0.243. The Kier molecular flexibility index (Phi) is 5.51. The SMILES string of the molecule is Cc1cc(C(=O)CSc2nc3sc4c(c3c(=O)[nH]2)CCCC4)c(C)n1-c1ccc(F)cc1. The number of carbonyl (C=O) groups excluding carboxylic acids is 1. The molecule has 0 atom stereocenters. The minimum Gasteiger partial charge on any atom is -0.318 e. The molecule has 0 bridgehead atoms. The van der Waals surface area contributed by atoms with E-state index in [9.17, 15) is 14.0 Å². The summed E-state index contributed by atoms with van der Waals surface area (Å²) in [6, 6.07) is 8.07. The van der Waals surface area contributed by atoms with E-state index in [-0.39, 0.29) is 22.9 Å². The molecule has 0 radical (unpaired) electrons. The Morgan fingerprint density at radius 1 is 1.22 bits per heavy atom. The largest absolute Gasteiger partial charge is 0.318 e. The summed E-state index contributed by atoms with van der Waals surface area (Å²) >= 11 is 2.86. The van der Waals surface area contributed by atoms with Crippen molar-refractivity contribution in [1.29, 1.82) is 0 Å². The van der Waals surface area contributed by atoms with Crippen molar-refractivity contribution in [2.45, 2.75) is 44.7 Å². The maximum absolute atomic E-state index is 13.3. The van der Waals surface area contributed by atoms with E-state index in [4.69, 9.17) is 0 Å². The van der Waals surface area contributed by atoms with Gasteiger partial charge < -0.3 is 9.55 Å². The van der Waals surface area contributed by atoms with Gasteiger partial charge in [-0.3, -0.25) is 9.59 Å². The van der Waals surface area contributed by atoms with Crippen molar-refractivity contribution in [2.24, 2.45) is 0 Å². The van der Waals surface area contributed by atoms with Crippen molar-refractivity contribution < 1.29 is 9.18 Å². The van der Waals surface area contributed by atoms with Crippen LogP contribution in [0.2, 0.25) is 0 Å². The normalized spacial score (nSPS) is 13.5. The van der Waals surface area contributed by atoms with Crippen LogP contribution < -0.4 is 5.56 Å². The minimum atomic E-state index is -0.297. The number of fused-ring (bicyclic) bond motifs is 3. The Labute approximate surface area is 192 Å². The summed E-state index contributed by atoms with van der Waals surface area (Å²) in [6.45, 7) is 3.81. The maximum atomic E-state index is 13.3. The fraction of sp³-hybridized carbons (Fsp3) is 0.292. The van der Waals surface area contributed by atoms with Crippen LogP contribution in [0.25, 0.3) is 15.9 Å². The van der Waals surface area contributed by atoms with Crippen molar-refractivity contribution in [2.75, 3.05) is 5.75 Å². The van der Waals surface area contributed by atoms with Gasteiger partial charge >= 0.3 is 0 Å². The Morgan fingerprint density at radius 2 is 1.97 bits per heavy atom. The molecule has 4 aromatic rings. The Bertz CT molecular complexity index is 1400. The van der Waals surface area contributed by atoms with Gasteiger partial charge in [-0.25, -0.2) is 9.37 Å². The maximum Gasteiger partial charge on any atom is 0.260 e. The van der Waals surface area contributed by atoms with Crippen LogP contribution in [0.1, 0.15) is 45.0 Å². The molecule has 3 heterocycles. The molecular weight excluding hydrogens is 445 g/mol. The van der Waals surface area contributed by atoms with Crippen LogP contribution in [0.3, 0.4) is 0 Å². The first-order valence-electron chi connectivity index (χ1n) is 10.6. The highest BCUT2D eigenvalue weighted by molar-refractivity contribution is 7.99. The van der Waals surface area contributed by atoms with Gasteiger partial charge in [0.05, 0.1) is 11.1 Å². The van der Waals surface area contributed by atoms with Gasteiger partial charge in [0.2, 0.25) is 0 Å². The lowest BCUT2D eigenvalue weighted by Crippen LogP contribution is -2.12. The van der Waals surface area contributed by atoms with E-state index in [1.807, 2.05) is 24.5 Å². The van der Waals surface area contributed by atoms with Gasteiger partial charge in [0.1, 0.15) is 10.6 Å². The summed E-state index contributed by atoms with van der Waals surface area (Å²) in [5.74, 6) is -0.161. The smallest absolute Gasteiger partial charge is 0.260 e. The highest BCUT2D eigenvalue weighted by Gasteiger charge is 2.21. The van der Waals surface area contributed by atoms with Gasteiger partial charge in [-0.15, -0.1) is 11.3 Å². The van der Waals surface area contributed by atoms with E-state index < -0.39 is 0 Å². The van der Waals surface area contributed by atoms with Crippen molar-refractivity contribution in [3.63, 3.8) is 0 Å². The van der Waals surface area contributed by atoms with Crippen molar-refractivity contribution in [3.05, 3.63) is 73.9 Å². The second-order valence-electron chi connectivity index (χ2n) is 8.07. The number of aromatic amines is 1. The van der Waals surface area contributed by atoms with Gasteiger partial charge in [-0.2, -0.15) is 0 Å². The molecule has 8 heteroatoms. The molecule has 0 saturated heterocycles. The van der Waals surface area contributed by atoms with Gasteiger partial charge in [0, 0.05) is 27.5 Å². The molecule has 0 amide bonds. The van der Waals surface area contributed by atoms with Crippen LogP contribution in [-0.2, 0) is 12.8 Å². The first kappa shape index (κ1) is 21.2. The number of nitrogens with one attached hydrogen (secondary N) is 1. The number of nitrogens with zero attached hydrogens (tertiary/aromatic N) is 2. The zero-order valence-electron chi connectivity index (χ0n) is 17.8. The predicted octanol–water partition coefficient (Wildman–Crippen LogP) is 5.39. The summed E-state index contributed by atoms with van der Waals surface area (Å²) in [4.78, 5) is 35.2. The first-order valence-corrected chi connectivity index (χ1v) is 12.4. The molecule has 0 saturated carbocycles. The third-order valence-corrected chi connectivity index (χ3v) is 8.02. The number of thiophene rings is 1. The highest BCUT2D eigenvalue weighted by atomic mass is 32.2. The summed E-state index contributed by atoms with van der Waals surface area (Å²) in [7, 11) is 0. The van der Waals surface area contributed by atoms with Crippen molar-refractivity contribution in [1.82, 2.24) is 14.5 Å². The predicted molar refractivity (Wildman–Crippen MR) is 127 cm³/mol. The first-order chi connectivity index (χ1) is 15.4. The third-order valence-electron chi connectivity index (χ3n) is 5.96. The zero-order valence-corrected chi connectivity index (χ0v) is 19.5. The molecular formula is C24H22FN3O2S2. The van der Waals surface area contributed by atoms with Crippen molar-refractivity contribution >= 4 is 39.1 Å². The number of thioether (sulfide) groups is 1. The number of H-pyrrole nitrogens is 1. The zero-order chi connectivity index (χ0) is 22.4. The van der Waals surface area contributed by atoms with Gasteiger partial charge in [-0.05, 0) is 75.4 Å². The lowest BCUT2D eigenvalue weighted by molar-refractivity contribution is 0.102. The van der Waals surface area contributed by atoms with Gasteiger partial charge in [0.15, 0.2) is 10.9 Å². The van der Waals surface area contributed by atoms with E-state index in [0.29, 0.717) is 10.7 Å². The molecule has 5 nitrogen and oxygen atoms in total. The fourth-order valence-electron chi connectivity index (χ4n) is 4.46. The van der Waals surface area contributed by atoms with E-state index >= 15 is 0 Å². The lowest BCUT2D eigenvalue weighted by Gasteiger charge is -2.10. The van der Waals surface area contributed by atoms with Crippen LogP contribution in [0.4, 0.5) is 4.39 Å². The number of benzene rings is 1. The monoisotopic (exact) mass is 467 g/mol. The van der Waals surface area contributed by atoms with E-state index in [0.717, 1.165) is 58.5 Å². The second-order valence-corrected chi connectivity index (χ2v) is 10.1. The summed E-state index contributed by atoms with van der Waals surface area (Å²) in [5.41, 5.74) is 4.19. The molecule has 1 N–H and O–H groups in total. The summed E-state index contributed by atoms with van der Waals surface area (Å²) in [5, 5.41) is 1.20. The highest BCUT2D eigenvalue weighted by Crippen LogP contribution is 2.34. The number of ketones is 1. The van der Waals surface area contributed by atoms with E-state index in [1.165, 1.54) is 28.8 Å². The third kappa shape index (κ3) is 3.71. The molecule has 0 aliphatic heterocycles. The number of Topliss-reactive ketones (excluding diaryl/α,β-unsaturated/α-hetero) is 1. The number of aromatic nitrogens is 3. The van der Waals surface area contributed by atoms with Gasteiger partial charge in [0.25, 0.3) is 5.56 Å². The minimum absolute atomic E-state index is 0.0373. The molecule has 1 aliphatic rings. The standard InChI is InChI=1S/C24H22FN3O2S2/c1-13-11-18(14(2)28(13)16-9-7-15(25)8-10-16)19(29)12-31-24-26-22(30)21-17-5-3-4-6-20(17)32-23(21)27-24/h7-11H,3-6,12H2,1-2H3,(H,26,27,30). The van der Waals surface area contributed by atoms with E-state index in [1.54, 1.807) is 23.5 Å². The number of rotatable bonds is 5. The van der Waals surface area contributed by atoms with Gasteiger partial charge in [-0.1, -0.05) is 11.8 Å². The number of halogens is 1. The van der Waals surface area contributed by atoms with Crippen LogP contribution in [0, 0.1) is 19.7 Å². The molecule has 0 unspecified atom stereocenters. The number of carbonyl (C=O) groups is 1. The summed E-state index contributed by atoms with van der Waals surface area (Å²) in [6.07, 6.45) is 4.22. The van der Waals surface area contributed by atoms with E-state index in [2.05, 4.69) is 9.97 Å². The molecule has 0 spiro atoms. The van der Waals surface area contributed by atoms with Crippen LogP contribution >= 0.6 is 23.1 Å². The molecule has 32 heavy (non-hydrogen) atoms. The van der Waals surface area contributed by atoms with Crippen LogP contribution in [0.15, 0.2) is 40.3 Å². The molecule has 164 valence electrons. The lowest BCUT2D eigenvalue weighted by atomic mass is 9.97. The average Bonchev–Trinajstić information content (AvgIpc) is 3.30. The van der Waals surface area contributed by atoms with Crippen molar-refractivity contribution in [3.8, 4) is 5.69 Å². The number of aryl methyl sites for hydroxylation is 3. The summed E-state index contributed by atoms with van der Waals surface area (Å²) < 4.78 is 15.2. The molecule has 0 fully saturated rings. The van der Waals surface area contributed by atoms with Crippen LogP contribution in [-0.4, -0.2) is 26.1 Å². The number of hydrogen-bond donors (Lipinski definition) is 1. The fourth-order valence-corrected chi connectivity index (χ4v) is 6.52. The Morgan fingerprint density at radius 3 is 2.75 bits per heavy atom. The topological polar surface area (TPSA) is 67.8 Å². The average molecular weight is 468 g/mol. The number of hydrogen-bond acceptors (Lipinski definition) is 5. The molecule has 1 aromatic carbocycles. The second kappa shape index (κ2) is 8.33. The van der Waals surface area contributed by atoms with Crippen LogP contribution in [0.5, 0.6) is 0 Å². The Balaban J connectivity index is 1.38. The molecule has 1 aliphatic carbocycles. The molecule has 5 rings (SSSR count). The molecule has 3 aromatic heterocycles.